The van der Waals surface area contributed by atoms with Gasteiger partial charge in [-0.25, -0.2) is 18.9 Å². The van der Waals surface area contributed by atoms with Crippen molar-refractivity contribution in [1.29, 1.82) is 0 Å². The molecule has 0 amide bonds. The fourth-order valence-corrected chi connectivity index (χ4v) is 17.7. The van der Waals surface area contributed by atoms with Gasteiger partial charge >= 0.3 is 49.6 Å². The molecule has 26 heteroatoms. The third-order valence-corrected chi connectivity index (χ3v) is 22.8. The highest BCUT2D eigenvalue weighted by atomic mass is 31.2. The number of fused-ring (bicyclic) bond motifs is 6. The van der Waals surface area contributed by atoms with Crippen molar-refractivity contribution in [2.24, 2.45) is 53.3 Å². The number of hydrogen-bond acceptors (Lipinski definition) is 18. The molecule has 0 unspecified atom stereocenters. The van der Waals surface area contributed by atoms with Crippen molar-refractivity contribution in [2.75, 3.05) is 33.0 Å². The molecule has 0 radical (unpaired) electrons. The highest BCUT2D eigenvalue weighted by Gasteiger charge is 2.49. The standard InChI is InChI=1S/2C27H38O8.C25H39O9P/c1-2-3-4-7-19(35-27(33)12-11-25(29)30)9-10-20-21-13-17-6-5-8-24(34-16-26(31)32)22(17)14-18(21)15-23(20)28;1-2-3-4-7-19(28)9-10-20-21-13-17-6-5-8-23(34-16-26(31)32)22(17)14-18(21)15-24(20)35-27(33)12-11-25(29)30;1-2-3-4-7-19(32-11-12-34-35(29,30)31)9-10-20-21-13-17-6-5-8-24(33-16-25(27)28)22(17)14-18(21)15-23(20)26/h5-6,8,18-21,23,28H,2-4,7,9-16H2,1H3,(H,29,30)(H,31,32);5-6,8,18-21,24,28H,2-4,7,9-16H2,1H3,(H,29,30)(H,31,32);5-6,8,18-21,23,26H,2-4,7,9-16H2,1H3,(H,27,28)(H2,29,30,31)/t18-,19-,20+,21-,23+;18-,19-,20+,21-,24+;18-,19-,20+,21-,23+/m000/s1. The Bertz CT molecular complexity index is 3320. The smallest absolute Gasteiger partial charge is 0.469 e. The van der Waals surface area contributed by atoms with Gasteiger partial charge in [0.05, 0.1) is 63.3 Å². The second-order valence-corrected chi connectivity index (χ2v) is 30.9. The van der Waals surface area contributed by atoms with Gasteiger partial charge in [-0.3, -0.25) is 23.7 Å². The Labute approximate surface area is 616 Å². The van der Waals surface area contributed by atoms with E-state index in [1.165, 1.54) is 5.56 Å². The van der Waals surface area contributed by atoms with Gasteiger partial charge in [-0.1, -0.05) is 109 Å². The lowest BCUT2D eigenvalue weighted by atomic mass is 9.73. The zero-order chi connectivity index (χ0) is 76.2. The number of carbonyl (C=O) groups is 7. The van der Waals surface area contributed by atoms with E-state index >= 15 is 0 Å². The van der Waals surface area contributed by atoms with Gasteiger partial charge in [-0.2, -0.15) is 0 Å². The van der Waals surface area contributed by atoms with Gasteiger partial charge < -0.3 is 79.1 Å². The molecule has 6 aliphatic carbocycles. The van der Waals surface area contributed by atoms with E-state index in [9.17, 15) is 53.4 Å². The van der Waals surface area contributed by atoms with Gasteiger partial charge in [0.2, 0.25) is 0 Å². The monoisotopic (exact) mass is 1490 g/mol. The second kappa shape index (κ2) is 43.3. The number of esters is 2. The van der Waals surface area contributed by atoms with Crippen LogP contribution in [0, 0.1) is 53.3 Å². The molecule has 10 N–H and O–H groups in total. The molecule has 6 aliphatic rings. The van der Waals surface area contributed by atoms with E-state index in [1.54, 1.807) is 6.07 Å². The molecule has 0 spiro atoms. The minimum Gasteiger partial charge on any atom is -0.482 e. The summed E-state index contributed by atoms with van der Waals surface area (Å²) in [5.41, 5.74) is 6.57. The fraction of sp³-hybridized carbons (Fsp3) is 0.684. The molecule has 0 bridgehead atoms. The molecule has 3 saturated carbocycles. The minimum absolute atomic E-state index is 0.0416. The number of rotatable bonds is 43. The van der Waals surface area contributed by atoms with Gasteiger partial charge in [0.1, 0.15) is 29.5 Å². The maximum Gasteiger partial charge on any atom is 0.469 e. The van der Waals surface area contributed by atoms with Crippen LogP contribution in [0.3, 0.4) is 0 Å². The predicted octanol–water partition coefficient (Wildman–Crippen LogP) is 11.7. The van der Waals surface area contributed by atoms with E-state index in [4.69, 9.17) is 63.7 Å². The zero-order valence-corrected chi connectivity index (χ0v) is 62.2. The van der Waals surface area contributed by atoms with Crippen molar-refractivity contribution in [3.8, 4) is 17.2 Å². The molecule has 0 aromatic heterocycles. The van der Waals surface area contributed by atoms with E-state index in [1.807, 2.05) is 36.4 Å². The summed E-state index contributed by atoms with van der Waals surface area (Å²) in [6, 6.07) is 17.3. The lowest BCUT2D eigenvalue weighted by Gasteiger charge is -2.33. The highest BCUT2D eigenvalue weighted by Crippen LogP contribution is 2.52. The number of unbranched alkanes of at least 4 members (excludes halogenated alkanes) is 6. The van der Waals surface area contributed by atoms with Gasteiger partial charge in [-0.15, -0.1) is 0 Å². The van der Waals surface area contributed by atoms with E-state index in [-0.39, 0.29) is 106 Å². The predicted molar refractivity (Wildman–Crippen MR) is 386 cm³/mol. The first-order valence-electron chi connectivity index (χ1n) is 38.3. The molecule has 105 heavy (non-hydrogen) atoms. The Morgan fingerprint density at radius 1 is 0.457 bits per heavy atom. The molecule has 3 fully saturated rings. The Morgan fingerprint density at radius 2 is 0.857 bits per heavy atom. The van der Waals surface area contributed by atoms with Crippen LogP contribution in [0.2, 0.25) is 0 Å². The van der Waals surface area contributed by atoms with Crippen molar-refractivity contribution >= 4 is 49.6 Å². The summed E-state index contributed by atoms with van der Waals surface area (Å²) in [5.74, 6) is -2.06. The van der Waals surface area contributed by atoms with Gasteiger partial charge in [0.15, 0.2) is 19.8 Å². The first-order chi connectivity index (χ1) is 50.2. The van der Waals surface area contributed by atoms with E-state index in [0.717, 1.165) is 169 Å². The molecule has 0 heterocycles. The summed E-state index contributed by atoms with van der Waals surface area (Å²) in [4.78, 5) is 96.7. The Balaban J connectivity index is 0.000000220. The van der Waals surface area contributed by atoms with Crippen LogP contribution in [-0.2, 0) is 95.4 Å². The lowest BCUT2D eigenvalue weighted by Crippen LogP contribution is -2.30. The molecule has 0 saturated heterocycles. The van der Waals surface area contributed by atoms with Crippen LogP contribution in [0.25, 0.3) is 0 Å². The number of carbonyl (C=O) groups excluding carboxylic acids is 2. The molecule has 0 aliphatic heterocycles. The summed E-state index contributed by atoms with van der Waals surface area (Å²) >= 11 is 0. The second-order valence-electron chi connectivity index (χ2n) is 29.7. The van der Waals surface area contributed by atoms with Crippen LogP contribution >= 0.6 is 7.82 Å². The maximum atomic E-state index is 12.4. The van der Waals surface area contributed by atoms with Crippen molar-refractivity contribution in [2.45, 2.75) is 256 Å². The van der Waals surface area contributed by atoms with E-state index in [2.05, 4.69) is 37.4 Å². The summed E-state index contributed by atoms with van der Waals surface area (Å²) in [6.07, 6.45) is 20.4. The summed E-state index contributed by atoms with van der Waals surface area (Å²) < 4.78 is 49.4. The van der Waals surface area contributed by atoms with E-state index in [0.29, 0.717) is 73.0 Å². The maximum absolute atomic E-state index is 12.4. The molecule has 25 nitrogen and oxygen atoms in total. The largest absolute Gasteiger partial charge is 0.482 e. The first-order valence-corrected chi connectivity index (χ1v) is 39.8. The Kier molecular flexibility index (Phi) is 35.3. The number of phosphoric acid groups is 1. The summed E-state index contributed by atoms with van der Waals surface area (Å²) in [5, 5.41) is 77.0. The average molecular weight is 1500 g/mol. The highest BCUT2D eigenvalue weighted by molar-refractivity contribution is 7.46. The Hall–Kier alpha value is -6.70. The van der Waals surface area contributed by atoms with Crippen molar-refractivity contribution in [3.63, 3.8) is 0 Å². The lowest BCUT2D eigenvalue weighted by molar-refractivity contribution is -0.154. The third kappa shape index (κ3) is 27.8. The van der Waals surface area contributed by atoms with Crippen molar-refractivity contribution in [1.82, 2.24) is 0 Å². The summed E-state index contributed by atoms with van der Waals surface area (Å²) in [7, 11) is -4.50. The van der Waals surface area contributed by atoms with Crippen LogP contribution in [0.1, 0.15) is 215 Å². The number of hydrogen-bond donors (Lipinski definition) is 10. The SMILES string of the molecule is CCCCC[C@@H](CC[C@@H]1[C@H]2Cc3cccc(OCC(=O)O)c3C[C@H]2C[C@H]1O)OC(=O)CCC(=O)O.CCCCC[C@@H](CC[C@@H]1[C@H]2Cc3cccc(OCC(=O)O)c3C[C@H]2C[C@H]1O)OCCOP(=O)(O)O.CCCCC[C@H](O)CC[C@@H]1[C@H]2Cc3cccc(OCC(=O)O)c3C[C@H]2C[C@H]1OC(=O)CCC(=O)O. The number of benzene rings is 3. The number of phosphoric ester groups is 1. The summed E-state index contributed by atoms with van der Waals surface area (Å²) in [6.45, 7) is 5.21. The zero-order valence-electron chi connectivity index (χ0n) is 61.4. The quantitative estimate of drug-likeness (QED) is 0.0143. The van der Waals surface area contributed by atoms with Gasteiger partial charge in [0, 0.05) is 0 Å². The number of aliphatic carboxylic acids is 5. The van der Waals surface area contributed by atoms with E-state index < -0.39 is 68.4 Å². The minimum atomic E-state index is -4.50. The number of ether oxygens (including phenoxy) is 6. The van der Waals surface area contributed by atoms with Gasteiger partial charge in [-0.05, 0) is 227 Å². The molecule has 9 rings (SSSR count). The van der Waals surface area contributed by atoms with Crippen molar-refractivity contribution < 1.29 is 122 Å². The topological polar surface area (TPSA) is 403 Å². The van der Waals surface area contributed by atoms with Crippen molar-refractivity contribution in [3.05, 3.63) is 88.0 Å². The molecule has 3 aromatic rings. The molecule has 3 aromatic carbocycles. The molecule has 586 valence electrons. The van der Waals surface area contributed by atoms with Crippen LogP contribution in [-0.4, -0.2) is 162 Å². The van der Waals surface area contributed by atoms with Crippen LogP contribution < -0.4 is 14.2 Å². The fourth-order valence-electron chi connectivity index (χ4n) is 17.3. The van der Waals surface area contributed by atoms with Crippen LogP contribution in [0.15, 0.2) is 54.6 Å². The number of aliphatic hydroxyl groups is 3. The Morgan fingerprint density at radius 3 is 1.29 bits per heavy atom. The molecular formula is C79H115O25P. The number of aliphatic hydroxyl groups excluding tert-OH is 3. The van der Waals surface area contributed by atoms with Gasteiger partial charge in [0.25, 0.3) is 0 Å². The molecule has 15 atom stereocenters. The van der Waals surface area contributed by atoms with Crippen LogP contribution in [0.5, 0.6) is 17.2 Å². The average Bonchev–Trinajstić information content (AvgIpc) is 1.68. The van der Waals surface area contributed by atoms with Crippen LogP contribution in [0.4, 0.5) is 0 Å². The first kappa shape index (κ1) is 85.5. The number of carboxylic acids is 5. The molecular weight excluding hydrogens is 1380 g/mol. The number of carboxylic acid groups (broad SMARTS) is 5. The normalized spacial score (nSPS) is 24.0. The third-order valence-electron chi connectivity index (χ3n) is 22.3.